The van der Waals surface area contributed by atoms with Gasteiger partial charge in [0, 0.05) is 31.2 Å². The fourth-order valence-corrected chi connectivity index (χ4v) is 1.89. The zero-order chi connectivity index (χ0) is 10.5. The minimum Gasteiger partial charge on any atom is -0.472 e. The van der Waals surface area contributed by atoms with Gasteiger partial charge in [0.05, 0.1) is 12.5 Å². The number of hydrogen-bond acceptors (Lipinski definition) is 3. The van der Waals surface area contributed by atoms with Gasteiger partial charge in [0.2, 0.25) is 0 Å². The summed E-state index contributed by atoms with van der Waals surface area (Å²) in [6, 6.07) is 2.85. The van der Waals surface area contributed by atoms with Crippen molar-refractivity contribution in [3.05, 3.63) is 24.2 Å². The van der Waals surface area contributed by atoms with Gasteiger partial charge in [-0.25, -0.2) is 0 Å². The van der Waals surface area contributed by atoms with E-state index in [2.05, 4.69) is 17.3 Å². The van der Waals surface area contributed by atoms with Crippen LogP contribution in [0.15, 0.2) is 23.0 Å². The molecule has 0 bridgehead atoms. The Hall–Kier alpha value is -0.800. The Morgan fingerprint density at radius 1 is 1.53 bits per heavy atom. The molecular weight excluding hydrogens is 188 g/mol. The largest absolute Gasteiger partial charge is 0.472 e. The van der Waals surface area contributed by atoms with Crippen LogP contribution in [0.25, 0.3) is 0 Å². The molecule has 3 nitrogen and oxygen atoms in total. The molecule has 0 radical (unpaired) electrons. The average Bonchev–Trinajstić information content (AvgIpc) is 2.62. The van der Waals surface area contributed by atoms with Gasteiger partial charge in [-0.3, -0.25) is 0 Å². The average molecular weight is 208 g/mol. The second-order valence-electron chi connectivity index (χ2n) is 4.37. The summed E-state index contributed by atoms with van der Waals surface area (Å²) in [4.78, 5) is 2.46. The van der Waals surface area contributed by atoms with Gasteiger partial charge in [-0.2, -0.15) is 0 Å². The molecule has 0 atom stereocenters. The highest BCUT2D eigenvalue weighted by Crippen LogP contribution is 2.22. The third-order valence-corrected chi connectivity index (χ3v) is 3.25. The van der Waals surface area contributed by atoms with E-state index in [-0.39, 0.29) is 0 Å². The van der Waals surface area contributed by atoms with E-state index in [1.165, 1.54) is 24.8 Å². The Labute approximate surface area is 91.4 Å². The second-order valence-corrected chi connectivity index (χ2v) is 4.37. The molecule has 0 aliphatic heterocycles. The van der Waals surface area contributed by atoms with E-state index in [4.69, 9.17) is 4.42 Å². The number of nitrogens with zero attached hydrogens (tertiary/aromatic N) is 1. The molecule has 0 aromatic carbocycles. The maximum atomic E-state index is 5.01. The van der Waals surface area contributed by atoms with Crippen molar-refractivity contribution in [1.82, 2.24) is 10.2 Å². The van der Waals surface area contributed by atoms with Crippen LogP contribution in [0.2, 0.25) is 0 Å². The third kappa shape index (κ3) is 3.08. The topological polar surface area (TPSA) is 28.4 Å². The lowest BCUT2D eigenvalue weighted by atomic mass is 9.92. The van der Waals surface area contributed by atoms with Crippen LogP contribution in [0, 0.1) is 0 Å². The highest BCUT2D eigenvalue weighted by molar-refractivity contribution is 5.04. The first-order valence-corrected chi connectivity index (χ1v) is 5.78. The first kappa shape index (κ1) is 10.7. The Balaban J connectivity index is 1.54. The van der Waals surface area contributed by atoms with Gasteiger partial charge in [0.15, 0.2) is 0 Å². The fraction of sp³-hybridized carbons (Fsp3) is 0.667. The van der Waals surface area contributed by atoms with Gasteiger partial charge in [-0.1, -0.05) is 6.42 Å². The molecule has 1 heterocycles. The number of likely N-dealkylation sites (N-methyl/N-ethyl adjacent to an activating group) is 1. The quantitative estimate of drug-likeness (QED) is 0.723. The van der Waals surface area contributed by atoms with Crippen LogP contribution < -0.4 is 5.32 Å². The zero-order valence-electron chi connectivity index (χ0n) is 9.41. The molecule has 1 aromatic heterocycles. The molecule has 1 aliphatic carbocycles. The van der Waals surface area contributed by atoms with E-state index in [0.29, 0.717) is 0 Å². The van der Waals surface area contributed by atoms with E-state index in [0.717, 1.165) is 25.7 Å². The summed E-state index contributed by atoms with van der Waals surface area (Å²) in [6.45, 7) is 3.11. The lowest BCUT2D eigenvalue weighted by molar-refractivity contribution is 0.160. The summed E-state index contributed by atoms with van der Waals surface area (Å²) >= 11 is 0. The van der Waals surface area contributed by atoms with Gasteiger partial charge < -0.3 is 14.6 Å². The minimum absolute atomic E-state index is 0.848. The molecule has 0 saturated heterocycles. The van der Waals surface area contributed by atoms with E-state index >= 15 is 0 Å². The maximum absolute atomic E-state index is 5.01. The summed E-state index contributed by atoms with van der Waals surface area (Å²) in [5, 5.41) is 3.42. The van der Waals surface area contributed by atoms with Crippen molar-refractivity contribution in [3.63, 3.8) is 0 Å². The van der Waals surface area contributed by atoms with Crippen molar-refractivity contribution in [2.45, 2.75) is 31.8 Å². The molecule has 15 heavy (non-hydrogen) atoms. The van der Waals surface area contributed by atoms with Crippen LogP contribution in [0.4, 0.5) is 0 Å². The minimum atomic E-state index is 0.848. The standard InChI is InChI=1S/C12H20N2O/c1-14(12-3-2-4-12)7-6-13-9-11-5-8-15-10-11/h5,8,10,12-13H,2-4,6-7,9H2,1H3. The Kier molecular flexibility index (Phi) is 3.80. The maximum Gasteiger partial charge on any atom is 0.0947 e. The summed E-state index contributed by atoms with van der Waals surface area (Å²) in [6.07, 6.45) is 7.70. The summed E-state index contributed by atoms with van der Waals surface area (Å²) in [5.41, 5.74) is 1.22. The van der Waals surface area contributed by atoms with E-state index in [9.17, 15) is 0 Å². The van der Waals surface area contributed by atoms with Gasteiger partial charge in [-0.05, 0) is 26.0 Å². The summed E-state index contributed by atoms with van der Waals surface area (Å²) in [5.74, 6) is 0. The summed E-state index contributed by atoms with van der Waals surface area (Å²) < 4.78 is 5.01. The number of nitrogens with one attached hydrogen (secondary N) is 1. The highest BCUT2D eigenvalue weighted by atomic mass is 16.3. The SMILES string of the molecule is CN(CCNCc1ccoc1)C1CCC1. The van der Waals surface area contributed by atoms with Crippen molar-refractivity contribution in [3.8, 4) is 0 Å². The van der Waals surface area contributed by atoms with Crippen molar-refractivity contribution in [1.29, 1.82) is 0 Å². The Bertz CT molecular complexity index is 267. The predicted octanol–water partition coefficient (Wildman–Crippen LogP) is 1.85. The van der Waals surface area contributed by atoms with Crippen LogP contribution in [-0.2, 0) is 6.54 Å². The molecule has 3 heteroatoms. The van der Waals surface area contributed by atoms with Crippen molar-refractivity contribution in [2.24, 2.45) is 0 Å². The van der Waals surface area contributed by atoms with Crippen molar-refractivity contribution >= 4 is 0 Å². The van der Waals surface area contributed by atoms with Crippen LogP contribution in [0.3, 0.4) is 0 Å². The lowest BCUT2D eigenvalue weighted by Gasteiger charge is -2.34. The van der Waals surface area contributed by atoms with Crippen molar-refractivity contribution in [2.75, 3.05) is 20.1 Å². The molecule has 1 aromatic rings. The van der Waals surface area contributed by atoms with Gasteiger partial charge >= 0.3 is 0 Å². The number of furan rings is 1. The van der Waals surface area contributed by atoms with Gasteiger partial charge in [-0.15, -0.1) is 0 Å². The van der Waals surface area contributed by atoms with Gasteiger partial charge in [0.1, 0.15) is 0 Å². The fourth-order valence-electron chi connectivity index (χ4n) is 1.89. The molecule has 1 aliphatic rings. The van der Waals surface area contributed by atoms with Crippen LogP contribution in [0.1, 0.15) is 24.8 Å². The first-order valence-electron chi connectivity index (χ1n) is 5.78. The molecule has 2 rings (SSSR count). The van der Waals surface area contributed by atoms with Crippen LogP contribution >= 0.6 is 0 Å². The normalized spacial score (nSPS) is 16.9. The number of hydrogen-bond donors (Lipinski definition) is 1. The Morgan fingerprint density at radius 3 is 3.00 bits per heavy atom. The highest BCUT2D eigenvalue weighted by Gasteiger charge is 2.20. The Morgan fingerprint density at radius 2 is 2.40 bits per heavy atom. The van der Waals surface area contributed by atoms with Crippen LogP contribution in [0.5, 0.6) is 0 Å². The first-order chi connectivity index (χ1) is 7.36. The van der Waals surface area contributed by atoms with Crippen LogP contribution in [-0.4, -0.2) is 31.1 Å². The molecule has 84 valence electrons. The molecule has 0 amide bonds. The third-order valence-electron chi connectivity index (χ3n) is 3.25. The molecule has 0 spiro atoms. The summed E-state index contributed by atoms with van der Waals surface area (Å²) in [7, 11) is 2.23. The predicted molar refractivity (Wildman–Crippen MR) is 60.7 cm³/mol. The monoisotopic (exact) mass is 208 g/mol. The van der Waals surface area contributed by atoms with E-state index in [1.54, 1.807) is 12.5 Å². The van der Waals surface area contributed by atoms with Gasteiger partial charge in [0.25, 0.3) is 0 Å². The molecular formula is C12H20N2O. The molecule has 0 unspecified atom stereocenters. The molecule has 1 N–H and O–H groups in total. The van der Waals surface area contributed by atoms with E-state index < -0.39 is 0 Å². The molecule has 1 saturated carbocycles. The second kappa shape index (κ2) is 5.33. The van der Waals surface area contributed by atoms with E-state index in [1.807, 2.05) is 6.07 Å². The molecule has 1 fully saturated rings. The zero-order valence-corrected chi connectivity index (χ0v) is 9.41. The lowest BCUT2D eigenvalue weighted by Crippen LogP contribution is -2.40. The number of rotatable bonds is 6. The smallest absolute Gasteiger partial charge is 0.0947 e. The van der Waals surface area contributed by atoms with Crippen molar-refractivity contribution < 1.29 is 4.42 Å².